The molecule has 1 aliphatic heterocycles. The highest BCUT2D eigenvalue weighted by Crippen LogP contribution is 2.34. The highest BCUT2D eigenvalue weighted by molar-refractivity contribution is 5.76. The molecular weight excluding hydrogens is 381 g/mol. The Labute approximate surface area is 158 Å². The van der Waals surface area contributed by atoms with Gasteiger partial charge in [0.15, 0.2) is 11.6 Å². The summed E-state index contributed by atoms with van der Waals surface area (Å²) in [7, 11) is 0. The lowest BCUT2D eigenvalue weighted by Crippen LogP contribution is -2.42. The van der Waals surface area contributed by atoms with Crippen LogP contribution in [-0.4, -0.2) is 25.2 Å². The first-order valence-corrected chi connectivity index (χ1v) is 8.65. The van der Waals surface area contributed by atoms with Crippen LogP contribution in [0.2, 0.25) is 0 Å². The molecule has 0 fully saturated rings. The zero-order valence-corrected chi connectivity index (χ0v) is 15.0. The molecule has 0 amide bonds. The zero-order valence-electron chi connectivity index (χ0n) is 15.0. The van der Waals surface area contributed by atoms with Gasteiger partial charge in [-0.3, -0.25) is 0 Å². The molecule has 0 unspecified atom stereocenters. The van der Waals surface area contributed by atoms with Crippen LogP contribution >= 0.6 is 0 Å². The summed E-state index contributed by atoms with van der Waals surface area (Å²) in [6.07, 6.45) is -4.29. The number of carbonyl (C=O) groups excluding carboxylic acids is 1. The second-order valence-corrected chi connectivity index (χ2v) is 6.96. The molecule has 0 saturated heterocycles. The summed E-state index contributed by atoms with van der Waals surface area (Å²) in [4.78, 5) is 11.5. The van der Waals surface area contributed by atoms with Crippen LogP contribution in [0.5, 0.6) is 0 Å². The maximum absolute atomic E-state index is 13.4. The van der Waals surface area contributed by atoms with Crippen molar-refractivity contribution in [1.29, 1.82) is 0 Å². The van der Waals surface area contributed by atoms with Crippen molar-refractivity contribution in [1.82, 2.24) is 5.32 Å². The third kappa shape index (κ3) is 4.32. The lowest BCUT2D eigenvalue weighted by Gasteiger charge is -2.31. The first kappa shape index (κ1) is 20.3. The number of benzene rings is 2. The van der Waals surface area contributed by atoms with Crippen molar-refractivity contribution < 1.29 is 31.5 Å². The van der Waals surface area contributed by atoms with Crippen molar-refractivity contribution >= 4 is 5.97 Å². The minimum Gasteiger partial charge on any atom is -0.446 e. The normalized spacial score (nSPS) is 19.6. The van der Waals surface area contributed by atoms with E-state index < -0.39 is 29.4 Å². The Morgan fingerprint density at radius 1 is 1.11 bits per heavy atom. The SMILES string of the molecule is C[C@@]1(OC(=O)C(F)(F)F)CNCCc2ccc(Cc3ccc(F)c(F)c3)cc21. The van der Waals surface area contributed by atoms with Gasteiger partial charge in [0.1, 0.15) is 5.60 Å². The van der Waals surface area contributed by atoms with Crippen LogP contribution in [0, 0.1) is 11.6 Å². The fourth-order valence-electron chi connectivity index (χ4n) is 3.33. The molecule has 0 saturated carbocycles. The molecule has 2 aromatic rings. The number of fused-ring (bicyclic) bond motifs is 1. The third-order valence-electron chi connectivity index (χ3n) is 4.72. The molecule has 28 heavy (non-hydrogen) atoms. The van der Waals surface area contributed by atoms with E-state index in [-0.39, 0.29) is 13.0 Å². The van der Waals surface area contributed by atoms with Crippen LogP contribution in [0.1, 0.15) is 29.2 Å². The smallest absolute Gasteiger partial charge is 0.446 e. The van der Waals surface area contributed by atoms with Gasteiger partial charge in [0, 0.05) is 12.1 Å². The number of hydrogen-bond acceptors (Lipinski definition) is 3. The van der Waals surface area contributed by atoms with Crippen molar-refractivity contribution in [2.24, 2.45) is 0 Å². The summed E-state index contributed by atoms with van der Waals surface area (Å²) < 4.78 is 69.6. The summed E-state index contributed by atoms with van der Waals surface area (Å²) in [6.45, 7) is 1.97. The molecule has 1 N–H and O–H groups in total. The Hall–Kier alpha value is -2.48. The Morgan fingerprint density at radius 3 is 2.46 bits per heavy atom. The zero-order chi connectivity index (χ0) is 20.5. The predicted octanol–water partition coefficient (Wildman–Crippen LogP) is 4.02. The van der Waals surface area contributed by atoms with Crippen LogP contribution in [0.15, 0.2) is 36.4 Å². The number of nitrogens with one attached hydrogen (secondary N) is 1. The Kier molecular flexibility index (Phi) is 5.43. The summed E-state index contributed by atoms with van der Waals surface area (Å²) in [5, 5.41) is 2.99. The van der Waals surface area contributed by atoms with Gasteiger partial charge < -0.3 is 10.1 Å². The Bertz CT molecular complexity index is 897. The topological polar surface area (TPSA) is 38.3 Å². The van der Waals surface area contributed by atoms with Crippen LogP contribution < -0.4 is 5.32 Å². The monoisotopic (exact) mass is 399 g/mol. The first-order chi connectivity index (χ1) is 13.1. The van der Waals surface area contributed by atoms with E-state index in [1.165, 1.54) is 13.0 Å². The van der Waals surface area contributed by atoms with Crippen LogP contribution in [-0.2, 0) is 28.0 Å². The highest BCUT2D eigenvalue weighted by Gasteiger charge is 2.46. The van der Waals surface area contributed by atoms with Gasteiger partial charge in [-0.2, -0.15) is 13.2 Å². The van der Waals surface area contributed by atoms with Crippen molar-refractivity contribution in [2.75, 3.05) is 13.1 Å². The van der Waals surface area contributed by atoms with Crippen LogP contribution in [0.4, 0.5) is 22.0 Å². The molecule has 150 valence electrons. The van der Waals surface area contributed by atoms with Gasteiger partial charge in [-0.25, -0.2) is 13.6 Å². The summed E-state index contributed by atoms with van der Waals surface area (Å²) in [5.41, 5.74) is 0.912. The van der Waals surface area contributed by atoms with E-state index >= 15 is 0 Å². The number of esters is 1. The van der Waals surface area contributed by atoms with E-state index in [0.717, 1.165) is 17.7 Å². The standard InChI is InChI=1S/C20H18F5NO2/c1-19(28-18(27)20(23,24)25)11-26-7-6-14-4-2-12(9-15(14)19)8-13-3-5-16(21)17(22)10-13/h2-5,9-10,26H,6-8,11H2,1H3/t19-/m1/s1. The lowest BCUT2D eigenvalue weighted by molar-refractivity contribution is -0.213. The van der Waals surface area contributed by atoms with Gasteiger partial charge in [0.25, 0.3) is 0 Å². The molecule has 1 aliphatic rings. The number of alkyl halides is 3. The molecule has 1 atom stereocenters. The summed E-state index contributed by atoms with van der Waals surface area (Å²) in [6, 6.07) is 8.73. The first-order valence-electron chi connectivity index (χ1n) is 8.65. The second-order valence-electron chi connectivity index (χ2n) is 6.96. The Morgan fingerprint density at radius 2 is 1.79 bits per heavy atom. The molecule has 0 aliphatic carbocycles. The fraction of sp³-hybridized carbons (Fsp3) is 0.350. The molecule has 0 bridgehead atoms. The molecule has 3 rings (SSSR count). The highest BCUT2D eigenvalue weighted by atomic mass is 19.4. The van der Waals surface area contributed by atoms with Crippen LogP contribution in [0.3, 0.4) is 0 Å². The van der Waals surface area contributed by atoms with E-state index in [4.69, 9.17) is 4.74 Å². The van der Waals surface area contributed by atoms with Crippen molar-refractivity contribution in [3.05, 3.63) is 70.3 Å². The second kappa shape index (κ2) is 7.50. The lowest BCUT2D eigenvalue weighted by atomic mass is 9.88. The van der Waals surface area contributed by atoms with E-state index in [0.29, 0.717) is 29.7 Å². The molecular formula is C20H18F5NO2. The summed E-state index contributed by atoms with van der Waals surface area (Å²) >= 11 is 0. The quantitative estimate of drug-likeness (QED) is 0.626. The Balaban J connectivity index is 1.95. The van der Waals surface area contributed by atoms with E-state index in [1.54, 1.807) is 18.2 Å². The van der Waals surface area contributed by atoms with Crippen molar-refractivity contribution in [3.8, 4) is 0 Å². The van der Waals surface area contributed by atoms with Gasteiger partial charge in [0.05, 0.1) is 0 Å². The maximum Gasteiger partial charge on any atom is 0.490 e. The average molecular weight is 399 g/mol. The molecule has 2 aromatic carbocycles. The molecule has 0 spiro atoms. The van der Waals surface area contributed by atoms with Gasteiger partial charge in [-0.05, 0) is 55.1 Å². The van der Waals surface area contributed by atoms with Crippen molar-refractivity contribution in [3.63, 3.8) is 0 Å². The largest absolute Gasteiger partial charge is 0.490 e. The van der Waals surface area contributed by atoms with E-state index in [1.807, 2.05) is 0 Å². The minimum absolute atomic E-state index is 0.0243. The average Bonchev–Trinajstić information content (AvgIpc) is 2.77. The van der Waals surface area contributed by atoms with Gasteiger partial charge in [-0.1, -0.05) is 24.3 Å². The number of halogens is 5. The maximum atomic E-state index is 13.4. The van der Waals surface area contributed by atoms with Crippen molar-refractivity contribution in [2.45, 2.75) is 31.5 Å². The fourth-order valence-corrected chi connectivity index (χ4v) is 3.33. The van der Waals surface area contributed by atoms with E-state index in [2.05, 4.69) is 5.32 Å². The predicted molar refractivity (Wildman–Crippen MR) is 91.7 cm³/mol. The van der Waals surface area contributed by atoms with Gasteiger partial charge in [0.2, 0.25) is 0 Å². The number of hydrogen-bond donors (Lipinski definition) is 1. The number of carbonyl (C=O) groups is 1. The molecule has 3 nitrogen and oxygen atoms in total. The molecule has 8 heteroatoms. The summed E-state index contributed by atoms with van der Waals surface area (Å²) in [5.74, 6) is -4.18. The molecule has 0 radical (unpaired) electrons. The van der Waals surface area contributed by atoms with Gasteiger partial charge in [-0.15, -0.1) is 0 Å². The number of ether oxygens (including phenoxy) is 1. The third-order valence-corrected chi connectivity index (χ3v) is 4.72. The molecule has 0 aromatic heterocycles. The van der Waals surface area contributed by atoms with E-state index in [9.17, 15) is 26.7 Å². The number of rotatable bonds is 3. The minimum atomic E-state index is -5.10. The van der Waals surface area contributed by atoms with Crippen LogP contribution in [0.25, 0.3) is 0 Å². The molecule has 1 heterocycles. The van der Waals surface area contributed by atoms with Gasteiger partial charge >= 0.3 is 12.1 Å².